The molecular weight excluding hydrogens is 93.1 g/mol. The number of nitrogens with zero attached hydrogens (tertiary/aromatic N) is 1. The van der Waals surface area contributed by atoms with Gasteiger partial charge >= 0.3 is 0 Å². The molecule has 1 rings (SSSR count). The fraction of sp³-hybridized carbons (Fsp3) is 0. The number of aromatic nitrogens is 1. The molecule has 0 fully saturated rings. The molecule has 1 heterocycles. The van der Waals surface area contributed by atoms with Crippen LogP contribution in [-0.2, 0) is 0 Å². The van der Waals surface area contributed by atoms with Gasteiger partial charge in [-0.2, -0.15) is 4.39 Å². The Hall–Kier alpha value is -0.920. The van der Waals surface area contributed by atoms with Crippen molar-refractivity contribution in [1.82, 2.24) is 4.98 Å². The highest BCUT2D eigenvalue weighted by Crippen LogP contribution is 1.85. The van der Waals surface area contributed by atoms with Crippen molar-refractivity contribution in [3.8, 4) is 0 Å². The SMILES string of the molecule is [2H]c1ccnc(F)c1. The largest absolute Gasteiger partial charge is 0.228 e. The lowest BCUT2D eigenvalue weighted by Crippen LogP contribution is -1.73. The standard InChI is InChI=1S/C5H4FN/c6-5-3-1-2-4-7-5/h1-4H/i1D. The minimum atomic E-state index is -0.600. The Morgan fingerprint density at radius 2 is 2.71 bits per heavy atom. The molecule has 0 aliphatic heterocycles. The van der Waals surface area contributed by atoms with Crippen LogP contribution < -0.4 is 0 Å². The molecule has 0 saturated carbocycles. The monoisotopic (exact) mass is 98.0 g/mol. The smallest absolute Gasteiger partial charge is 0.212 e. The first kappa shape index (κ1) is 3.13. The van der Waals surface area contributed by atoms with Crippen LogP contribution in [0.2, 0.25) is 0 Å². The second-order valence-corrected chi connectivity index (χ2v) is 1.08. The summed E-state index contributed by atoms with van der Waals surface area (Å²) in [6, 6.07) is 2.63. The second-order valence-electron chi connectivity index (χ2n) is 1.08. The minimum absolute atomic E-state index is 0.150. The van der Waals surface area contributed by atoms with E-state index in [0.717, 1.165) is 6.07 Å². The summed E-state index contributed by atoms with van der Waals surface area (Å²) in [5.41, 5.74) is 0. The predicted molar refractivity (Wildman–Crippen MR) is 24.2 cm³/mol. The highest BCUT2D eigenvalue weighted by Gasteiger charge is 1.78. The molecule has 0 amide bonds. The predicted octanol–water partition coefficient (Wildman–Crippen LogP) is 1.22. The van der Waals surface area contributed by atoms with Gasteiger partial charge in [-0.15, -0.1) is 0 Å². The van der Waals surface area contributed by atoms with E-state index >= 15 is 0 Å². The van der Waals surface area contributed by atoms with E-state index in [0.29, 0.717) is 0 Å². The van der Waals surface area contributed by atoms with Gasteiger partial charge in [0.1, 0.15) is 0 Å². The summed E-state index contributed by atoms with van der Waals surface area (Å²) in [5.74, 6) is -0.600. The number of hydrogen-bond donors (Lipinski definition) is 0. The molecule has 2 heteroatoms. The molecular formula is C5H4FN. The summed E-state index contributed by atoms with van der Waals surface area (Å²) in [7, 11) is 0. The molecule has 0 aliphatic carbocycles. The van der Waals surface area contributed by atoms with Crippen LogP contribution in [0, 0.1) is 5.95 Å². The third-order valence-electron chi connectivity index (χ3n) is 0.571. The van der Waals surface area contributed by atoms with Gasteiger partial charge in [0.15, 0.2) is 0 Å². The van der Waals surface area contributed by atoms with E-state index in [1.807, 2.05) is 0 Å². The molecule has 7 heavy (non-hydrogen) atoms. The van der Waals surface area contributed by atoms with Gasteiger partial charge in [-0.3, -0.25) is 0 Å². The molecule has 0 saturated heterocycles. The summed E-state index contributed by atoms with van der Waals surface area (Å²) in [6.45, 7) is 0. The number of pyridine rings is 1. The lowest BCUT2D eigenvalue weighted by Gasteiger charge is -1.78. The lowest BCUT2D eigenvalue weighted by molar-refractivity contribution is 0.584. The fourth-order valence-electron chi connectivity index (χ4n) is 0.306. The normalized spacial score (nSPS) is 10.7. The average molecular weight is 98.1 g/mol. The molecule has 0 aromatic carbocycles. The average Bonchev–Trinajstić information content (AvgIpc) is 1.64. The van der Waals surface area contributed by atoms with Crippen LogP contribution in [0.1, 0.15) is 1.37 Å². The van der Waals surface area contributed by atoms with Gasteiger partial charge in [0.05, 0.1) is 1.37 Å². The third-order valence-corrected chi connectivity index (χ3v) is 0.571. The molecule has 0 N–H and O–H groups in total. The Morgan fingerprint density at radius 3 is 3.14 bits per heavy atom. The molecule has 1 aromatic heterocycles. The third kappa shape index (κ3) is 0.961. The molecule has 0 atom stereocenters. The van der Waals surface area contributed by atoms with Crippen LogP contribution in [0.4, 0.5) is 4.39 Å². The van der Waals surface area contributed by atoms with Gasteiger partial charge in [0.2, 0.25) is 5.95 Å². The minimum Gasteiger partial charge on any atom is -0.228 e. The number of hydrogen-bond acceptors (Lipinski definition) is 1. The highest BCUT2D eigenvalue weighted by molar-refractivity contribution is 4.90. The molecule has 1 nitrogen and oxygen atoms in total. The van der Waals surface area contributed by atoms with E-state index in [4.69, 9.17) is 1.37 Å². The van der Waals surface area contributed by atoms with Crippen molar-refractivity contribution in [3.05, 3.63) is 30.3 Å². The zero-order chi connectivity index (χ0) is 5.98. The molecule has 0 unspecified atom stereocenters. The van der Waals surface area contributed by atoms with E-state index in [2.05, 4.69) is 4.98 Å². The van der Waals surface area contributed by atoms with E-state index in [1.54, 1.807) is 0 Å². The maximum absolute atomic E-state index is 11.9. The maximum Gasteiger partial charge on any atom is 0.212 e. The van der Waals surface area contributed by atoms with Crippen molar-refractivity contribution >= 4 is 0 Å². The fourth-order valence-corrected chi connectivity index (χ4v) is 0.306. The molecule has 0 spiro atoms. The van der Waals surface area contributed by atoms with Gasteiger partial charge in [0, 0.05) is 6.20 Å². The summed E-state index contributed by atoms with van der Waals surface area (Å²) in [5, 5.41) is 0. The highest BCUT2D eigenvalue weighted by atomic mass is 19.1. The van der Waals surface area contributed by atoms with E-state index < -0.39 is 5.95 Å². The first-order valence-corrected chi connectivity index (χ1v) is 1.87. The number of halogens is 1. The van der Waals surface area contributed by atoms with Crippen molar-refractivity contribution < 1.29 is 5.76 Å². The van der Waals surface area contributed by atoms with Gasteiger partial charge in [-0.25, -0.2) is 4.98 Å². The first-order chi connectivity index (χ1) is 3.79. The summed E-state index contributed by atoms with van der Waals surface area (Å²) < 4.78 is 18.8. The van der Waals surface area contributed by atoms with Gasteiger partial charge in [-0.1, -0.05) is 6.04 Å². The van der Waals surface area contributed by atoms with Crippen molar-refractivity contribution in [2.24, 2.45) is 0 Å². The second kappa shape index (κ2) is 1.69. The first-order valence-electron chi connectivity index (χ1n) is 2.37. The molecule has 0 aliphatic rings. The van der Waals surface area contributed by atoms with Crippen molar-refractivity contribution in [1.29, 1.82) is 0 Å². The molecule has 1 aromatic rings. The summed E-state index contributed by atoms with van der Waals surface area (Å²) >= 11 is 0. The van der Waals surface area contributed by atoms with Crippen molar-refractivity contribution in [3.63, 3.8) is 0 Å². The Morgan fingerprint density at radius 1 is 1.86 bits per heavy atom. The molecule has 36 valence electrons. The topological polar surface area (TPSA) is 12.9 Å². The van der Waals surface area contributed by atoms with Crippen LogP contribution in [-0.4, -0.2) is 4.98 Å². The maximum atomic E-state index is 11.9. The van der Waals surface area contributed by atoms with Crippen LogP contribution in [0.15, 0.2) is 24.4 Å². The summed E-state index contributed by atoms with van der Waals surface area (Å²) in [6.07, 6.45) is 1.26. The van der Waals surface area contributed by atoms with Gasteiger partial charge < -0.3 is 0 Å². The Labute approximate surface area is 42.2 Å². The van der Waals surface area contributed by atoms with E-state index in [-0.39, 0.29) is 6.04 Å². The Bertz CT molecular complexity index is 172. The van der Waals surface area contributed by atoms with Crippen LogP contribution in [0.3, 0.4) is 0 Å². The number of rotatable bonds is 0. The zero-order valence-corrected chi connectivity index (χ0v) is 3.56. The van der Waals surface area contributed by atoms with E-state index in [1.165, 1.54) is 12.3 Å². The zero-order valence-electron chi connectivity index (χ0n) is 4.56. The van der Waals surface area contributed by atoms with Crippen LogP contribution in [0.25, 0.3) is 0 Å². The van der Waals surface area contributed by atoms with Crippen LogP contribution >= 0.6 is 0 Å². The van der Waals surface area contributed by atoms with Crippen molar-refractivity contribution in [2.75, 3.05) is 0 Å². The van der Waals surface area contributed by atoms with Gasteiger partial charge in [0.25, 0.3) is 0 Å². The Balaban J connectivity index is 3.08. The van der Waals surface area contributed by atoms with Gasteiger partial charge in [-0.05, 0) is 12.1 Å². The van der Waals surface area contributed by atoms with E-state index in [9.17, 15) is 4.39 Å². The lowest BCUT2D eigenvalue weighted by atomic mass is 10.5. The quantitative estimate of drug-likeness (QED) is 0.444. The van der Waals surface area contributed by atoms with Crippen LogP contribution in [0.5, 0.6) is 0 Å². The molecule has 0 bridgehead atoms. The molecule has 0 radical (unpaired) electrons. The summed E-state index contributed by atoms with van der Waals surface area (Å²) in [4.78, 5) is 3.25. The Kier molecular flexibility index (Phi) is 0.754. The van der Waals surface area contributed by atoms with Crippen molar-refractivity contribution in [2.45, 2.75) is 0 Å².